The second-order valence-electron chi connectivity index (χ2n) is 5.37. The van der Waals surface area contributed by atoms with Crippen LogP contribution in [-0.4, -0.2) is 24.4 Å². The molecule has 0 aliphatic carbocycles. The van der Waals surface area contributed by atoms with Crippen molar-refractivity contribution in [1.29, 1.82) is 5.26 Å². The van der Waals surface area contributed by atoms with Gasteiger partial charge in [0.25, 0.3) is 5.91 Å². The van der Waals surface area contributed by atoms with Gasteiger partial charge in [0.2, 0.25) is 6.79 Å². The smallest absolute Gasteiger partial charge is 0.251 e. The van der Waals surface area contributed by atoms with Crippen molar-refractivity contribution in [2.75, 3.05) is 13.3 Å². The molecule has 0 saturated carbocycles. The van der Waals surface area contributed by atoms with E-state index in [4.69, 9.17) is 14.7 Å². The molecule has 0 spiro atoms. The summed E-state index contributed by atoms with van der Waals surface area (Å²) in [5, 5.41) is 21.8. The highest BCUT2D eigenvalue weighted by molar-refractivity contribution is 5.94. The average Bonchev–Trinajstić information content (AvgIpc) is 3.09. The van der Waals surface area contributed by atoms with Crippen LogP contribution in [0.15, 0.2) is 42.5 Å². The van der Waals surface area contributed by atoms with Crippen molar-refractivity contribution in [2.45, 2.75) is 12.5 Å². The summed E-state index contributed by atoms with van der Waals surface area (Å²) >= 11 is 0. The Morgan fingerprint density at radius 2 is 2.08 bits per heavy atom. The highest BCUT2D eigenvalue weighted by Crippen LogP contribution is 2.34. The summed E-state index contributed by atoms with van der Waals surface area (Å²) in [6.07, 6.45) is -0.353. The number of hydrogen-bond donors (Lipinski definition) is 2. The summed E-state index contributed by atoms with van der Waals surface area (Å²) in [4.78, 5) is 12.0. The van der Waals surface area contributed by atoms with Gasteiger partial charge in [-0.2, -0.15) is 5.26 Å². The third kappa shape index (κ3) is 3.47. The molecule has 3 rings (SSSR count). The van der Waals surface area contributed by atoms with Gasteiger partial charge in [-0.3, -0.25) is 4.79 Å². The molecule has 1 heterocycles. The lowest BCUT2D eigenvalue weighted by atomic mass is 10.1. The van der Waals surface area contributed by atoms with Gasteiger partial charge in [0.1, 0.15) is 0 Å². The molecule has 0 saturated heterocycles. The molecule has 0 bridgehead atoms. The minimum absolute atomic E-state index is 0.187. The third-order valence-corrected chi connectivity index (χ3v) is 3.74. The molecule has 0 radical (unpaired) electrons. The lowest BCUT2D eigenvalue weighted by Crippen LogP contribution is -2.25. The number of ether oxygens (including phenoxy) is 2. The van der Waals surface area contributed by atoms with Crippen LogP contribution in [0.4, 0.5) is 0 Å². The number of hydrogen-bond acceptors (Lipinski definition) is 5. The molecule has 2 aromatic carbocycles. The van der Waals surface area contributed by atoms with E-state index in [9.17, 15) is 9.90 Å². The van der Waals surface area contributed by atoms with Crippen LogP contribution in [0.1, 0.15) is 34.0 Å². The third-order valence-electron chi connectivity index (χ3n) is 3.74. The minimum Gasteiger partial charge on any atom is -0.454 e. The Bertz CT molecular complexity index is 798. The SMILES string of the molecule is N#Cc1cccc(C(=O)NCC[C@H](O)c2ccc3c(c2)OCO3)c1. The largest absolute Gasteiger partial charge is 0.454 e. The lowest BCUT2D eigenvalue weighted by molar-refractivity contribution is 0.0942. The van der Waals surface area contributed by atoms with Crippen molar-refractivity contribution in [1.82, 2.24) is 5.32 Å². The van der Waals surface area contributed by atoms with E-state index in [0.29, 0.717) is 41.2 Å². The van der Waals surface area contributed by atoms with E-state index < -0.39 is 6.10 Å². The van der Waals surface area contributed by atoms with Crippen LogP contribution in [0, 0.1) is 11.3 Å². The highest BCUT2D eigenvalue weighted by atomic mass is 16.7. The van der Waals surface area contributed by atoms with E-state index in [-0.39, 0.29) is 12.7 Å². The molecule has 1 aliphatic heterocycles. The molecule has 6 heteroatoms. The lowest BCUT2D eigenvalue weighted by Gasteiger charge is -2.12. The predicted octanol–water partition coefficient (Wildman–Crippen LogP) is 2.14. The van der Waals surface area contributed by atoms with Gasteiger partial charge in [-0.1, -0.05) is 12.1 Å². The fraction of sp³-hybridized carbons (Fsp3) is 0.222. The van der Waals surface area contributed by atoms with Gasteiger partial charge < -0.3 is 19.9 Å². The van der Waals surface area contributed by atoms with Gasteiger partial charge in [0.05, 0.1) is 17.7 Å². The number of benzene rings is 2. The summed E-state index contributed by atoms with van der Waals surface area (Å²) in [6.45, 7) is 0.498. The van der Waals surface area contributed by atoms with E-state index in [0.717, 1.165) is 0 Å². The maximum absolute atomic E-state index is 12.0. The van der Waals surface area contributed by atoms with Gasteiger partial charge in [0.15, 0.2) is 11.5 Å². The molecule has 6 nitrogen and oxygen atoms in total. The van der Waals surface area contributed by atoms with Crippen LogP contribution in [0.3, 0.4) is 0 Å². The Morgan fingerprint density at radius 1 is 1.25 bits per heavy atom. The zero-order valence-corrected chi connectivity index (χ0v) is 12.9. The number of aliphatic hydroxyl groups is 1. The van der Waals surface area contributed by atoms with E-state index >= 15 is 0 Å². The van der Waals surface area contributed by atoms with Gasteiger partial charge in [-0.25, -0.2) is 0 Å². The van der Waals surface area contributed by atoms with Crippen molar-refractivity contribution in [2.24, 2.45) is 0 Å². The molecule has 24 heavy (non-hydrogen) atoms. The van der Waals surface area contributed by atoms with Crippen molar-refractivity contribution >= 4 is 5.91 Å². The van der Waals surface area contributed by atoms with Crippen molar-refractivity contribution in [3.63, 3.8) is 0 Å². The van der Waals surface area contributed by atoms with E-state index in [1.165, 1.54) is 6.07 Å². The number of nitrogens with zero attached hydrogens (tertiary/aromatic N) is 1. The number of amides is 1. The van der Waals surface area contributed by atoms with Crippen molar-refractivity contribution in [3.8, 4) is 17.6 Å². The van der Waals surface area contributed by atoms with Gasteiger partial charge in [-0.15, -0.1) is 0 Å². The molecule has 0 unspecified atom stereocenters. The molecule has 1 amide bonds. The summed E-state index contributed by atoms with van der Waals surface area (Å²) < 4.78 is 10.5. The van der Waals surface area contributed by atoms with E-state index in [1.54, 1.807) is 36.4 Å². The first-order valence-corrected chi connectivity index (χ1v) is 7.53. The number of carbonyl (C=O) groups excluding carboxylic acids is 1. The van der Waals surface area contributed by atoms with Crippen molar-refractivity contribution < 1.29 is 19.4 Å². The van der Waals surface area contributed by atoms with Gasteiger partial charge >= 0.3 is 0 Å². The van der Waals surface area contributed by atoms with Crippen LogP contribution in [0.2, 0.25) is 0 Å². The molecular weight excluding hydrogens is 308 g/mol. The van der Waals surface area contributed by atoms with Crippen molar-refractivity contribution in [3.05, 3.63) is 59.2 Å². The minimum atomic E-state index is -0.717. The Morgan fingerprint density at radius 3 is 2.92 bits per heavy atom. The topological polar surface area (TPSA) is 91.6 Å². The number of aliphatic hydroxyl groups excluding tert-OH is 1. The van der Waals surface area contributed by atoms with Gasteiger partial charge in [-0.05, 0) is 42.3 Å². The van der Waals surface area contributed by atoms with E-state index in [2.05, 4.69) is 5.32 Å². The van der Waals surface area contributed by atoms with Crippen LogP contribution in [-0.2, 0) is 0 Å². The maximum Gasteiger partial charge on any atom is 0.251 e. The summed E-state index contributed by atoms with van der Waals surface area (Å²) in [6, 6.07) is 13.7. The summed E-state index contributed by atoms with van der Waals surface area (Å²) in [5.74, 6) is 1.01. The Hall–Kier alpha value is -3.04. The van der Waals surface area contributed by atoms with Crippen LogP contribution in [0.25, 0.3) is 0 Å². The number of nitrogens with one attached hydrogen (secondary N) is 1. The average molecular weight is 324 g/mol. The summed E-state index contributed by atoms with van der Waals surface area (Å²) in [7, 11) is 0. The molecule has 2 aromatic rings. The second kappa shape index (κ2) is 7.02. The molecule has 0 fully saturated rings. The second-order valence-corrected chi connectivity index (χ2v) is 5.37. The van der Waals surface area contributed by atoms with E-state index in [1.807, 2.05) is 6.07 Å². The normalized spacial score (nSPS) is 13.2. The number of fused-ring (bicyclic) bond motifs is 1. The number of carbonyl (C=O) groups is 1. The first kappa shape index (κ1) is 15.8. The van der Waals surface area contributed by atoms with Crippen LogP contribution in [0.5, 0.6) is 11.5 Å². The number of rotatable bonds is 5. The Labute approximate surface area is 139 Å². The molecule has 1 atom stereocenters. The fourth-order valence-electron chi connectivity index (χ4n) is 2.44. The van der Waals surface area contributed by atoms with Crippen LogP contribution >= 0.6 is 0 Å². The Balaban J connectivity index is 1.54. The predicted molar refractivity (Wildman–Crippen MR) is 85.6 cm³/mol. The zero-order valence-electron chi connectivity index (χ0n) is 12.9. The fourth-order valence-corrected chi connectivity index (χ4v) is 2.44. The molecule has 2 N–H and O–H groups in total. The zero-order chi connectivity index (χ0) is 16.9. The quantitative estimate of drug-likeness (QED) is 0.879. The maximum atomic E-state index is 12.0. The number of nitriles is 1. The molecular formula is C18H16N2O4. The first-order chi connectivity index (χ1) is 11.7. The Kier molecular flexibility index (Phi) is 4.64. The monoisotopic (exact) mass is 324 g/mol. The summed E-state index contributed by atoms with van der Waals surface area (Å²) in [5.41, 5.74) is 1.56. The molecule has 1 aliphatic rings. The molecule has 0 aromatic heterocycles. The van der Waals surface area contributed by atoms with Crippen LogP contribution < -0.4 is 14.8 Å². The first-order valence-electron chi connectivity index (χ1n) is 7.53. The standard InChI is InChI=1S/C18H16N2O4/c19-10-12-2-1-3-14(8-12)18(22)20-7-6-15(21)13-4-5-16-17(9-13)24-11-23-16/h1-5,8-9,15,21H,6-7,11H2,(H,20,22)/t15-/m0/s1. The molecule has 122 valence electrons. The highest BCUT2D eigenvalue weighted by Gasteiger charge is 2.16. The van der Waals surface area contributed by atoms with Gasteiger partial charge in [0, 0.05) is 12.1 Å².